The molecule has 0 aliphatic heterocycles. The second-order valence-corrected chi connectivity index (χ2v) is 4.74. The summed E-state index contributed by atoms with van der Waals surface area (Å²) in [6, 6.07) is 0.352. The second kappa shape index (κ2) is 8.92. The lowest BCUT2D eigenvalue weighted by atomic mass is 10.1. The van der Waals surface area contributed by atoms with Crippen molar-refractivity contribution in [2.75, 3.05) is 12.3 Å². The van der Waals surface area contributed by atoms with Crippen molar-refractivity contribution in [3.63, 3.8) is 0 Å². The first-order chi connectivity index (χ1) is 12.8. The van der Waals surface area contributed by atoms with Gasteiger partial charge in [-0.1, -0.05) is 0 Å². The molecule has 2 rings (SSSR count). The fraction of sp³-hybridized carbons (Fsp3) is 0.231. The van der Waals surface area contributed by atoms with Gasteiger partial charge in [-0.15, -0.1) is 0 Å². The maximum absolute atomic E-state index is 13.5. The molecule has 154 valence electrons. The quantitative estimate of drug-likeness (QED) is 0.431. The van der Waals surface area contributed by atoms with Crippen molar-refractivity contribution in [2.24, 2.45) is 0 Å². The van der Waals surface area contributed by atoms with Gasteiger partial charge in [0.05, 0.1) is 5.56 Å². The van der Waals surface area contributed by atoms with Crippen LogP contribution in [0.15, 0.2) is 10.6 Å². The van der Waals surface area contributed by atoms with E-state index in [9.17, 15) is 31.1 Å². The molecule has 0 aliphatic carbocycles. The van der Waals surface area contributed by atoms with Crippen LogP contribution in [0, 0.1) is 17.5 Å². The van der Waals surface area contributed by atoms with Crippen LogP contribution in [-0.4, -0.2) is 45.0 Å². The van der Waals surface area contributed by atoms with Crippen molar-refractivity contribution < 1.29 is 50.7 Å². The lowest BCUT2D eigenvalue weighted by molar-refractivity contribution is -0.192. The minimum absolute atomic E-state index is 0.0420. The van der Waals surface area contributed by atoms with E-state index in [4.69, 9.17) is 20.7 Å². The van der Waals surface area contributed by atoms with E-state index in [1.807, 2.05) is 0 Å². The second-order valence-electron chi connectivity index (χ2n) is 4.74. The molecule has 0 aliphatic rings. The van der Waals surface area contributed by atoms with Gasteiger partial charge in [-0.05, 0) is 11.2 Å². The summed E-state index contributed by atoms with van der Waals surface area (Å²) in [7, 11) is 0. The van der Waals surface area contributed by atoms with Gasteiger partial charge >= 0.3 is 12.1 Å². The van der Waals surface area contributed by atoms with Crippen LogP contribution < -0.4 is 11.1 Å². The van der Waals surface area contributed by atoms with Crippen LogP contribution in [0.1, 0.15) is 16.2 Å². The molecule has 1 aromatic carbocycles. The number of anilines is 1. The number of carbonyl (C=O) groups excluding carboxylic acids is 1. The Labute approximate surface area is 150 Å². The van der Waals surface area contributed by atoms with Gasteiger partial charge < -0.3 is 25.8 Å². The molecular weight excluding hydrogens is 406 g/mol. The summed E-state index contributed by atoms with van der Waals surface area (Å²) < 4.78 is 75.8. The van der Waals surface area contributed by atoms with Gasteiger partial charge in [0.1, 0.15) is 0 Å². The SMILES string of the molecule is Nc1noc(CCNC(=O)c2cc(F)c(F)c(O)c2F)n1.O=C(O)C(F)(F)F. The van der Waals surface area contributed by atoms with Crippen molar-refractivity contribution in [2.45, 2.75) is 12.6 Å². The molecule has 1 aromatic heterocycles. The largest absolute Gasteiger partial charge is 0.503 e. The molecule has 5 N–H and O–H groups in total. The minimum Gasteiger partial charge on any atom is -0.503 e. The number of nitrogen functional groups attached to an aromatic ring is 1. The lowest BCUT2D eigenvalue weighted by Crippen LogP contribution is -2.27. The molecule has 1 heterocycles. The highest BCUT2D eigenvalue weighted by Gasteiger charge is 2.38. The molecule has 28 heavy (non-hydrogen) atoms. The van der Waals surface area contributed by atoms with E-state index in [0.29, 0.717) is 6.07 Å². The number of hydrogen-bond acceptors (Lipinski definition) is 7. The molecule has 0 fully saturated rings. The average Bonchev–Trinajstić information content (AvgIpc) is 3.01. The molecule has 15 heteroatoms. The van der Waals surface area contributed by atoms with Crippen LogP contribution in [0.5, 0.6) is 5.75 Å². The molecule has 1 amide bonds. The number of phenolic OH excluding ortho intramolecular Hbond substituents is 1. The van der Waals surface area contributed by atoms with E-state index in [1.165, 1.54) is 0 Å². The van der Waals surface area contributed by atoms with Gasteiger partial charge in [0.25, 0.3) is 11.9 Å². The maximum Gasteiger partial charge on any atom is 0.490 e. The number of aromatic nitrogens is 2. The number of aromatic hydroxyl groups is 1. The van der Waals surface area contributed by atoms with E-state index in [0.717, 1.165) is 0 Å². The number of amides is 1. The topological polar surface area (TPSA) is 152 Å². The Morgan fingerprint density at radius 3 is 2.25 bits per heavy atom. The first-order valence-electron chi connectivity index (χ1n) is 6.87. The molecular formula is C13H10F6N4O5. The molecule has 0 saturated heterocycles. The first-order valence-corrected chi connectivity index (χ1v) is 6.87. The normalized spacial score (nSPS) is 10.8. The summed E-state index contributed by atoms with van der Waals surface area (Å²) >= 11 is 0. The third kappa shape index (κ3) is 6.03. The summed E-state index contributed by atoms with van der Waals surface area (Å²) in [5.41, 5.74) is 4.39. The van der Waals surface area contributed by atoms with E-state index in [2.05, 4.69) is 20.0 Å². The Kier molecular flexibility index (Phi) is 7.17. The molecule has 0 unspecified atom stereocenters. The Morgan fingerprint density at radius 1 is 1.21 bits per heavy atom. The van der Waals surface area contributed by atoms with Crippen molar-refractivity contribution >= 4 is 17.8 Å². The Morgan fingerprint density at radius 2 is 1.79 bits per heavy atom. The van der Waals surface area contributed by atoms with E-state index < -0.39 is 46.8 Å². The molecule has 0 spiro atoms. The molecule has 2 aromatic rings. The highest BCUT2D eigenvalue weighted by Crippen LogP contribution is 2.25. The number of nitrogens with one attached hydrogen (secondary N) is 1. The summed E-state index contributed by atoms with van der Waals surface area (Å²) in [5, 5.41) is 21.7. The fourth-order valence-electron chi connectivity index (χ4n) is 1.50. The molecule has 0 atom stereocenters. The number of nitrogens with zero attached hydrogens (tertiary/aromatic N) is 2. The number of halogens is 6. The standard InChI is InChI=1S/C11H9F3N4O3.C2HF3O2/c12-5-3-4(7(13)9(19)8(5)14)10(20)16-2-1-6-17-11(15)18-21-6;3-2(4,5)1(6)7/h3,19H,1-2H2,(H2,15,18)(H,16,20);(H,6,7). The monoisotopic (exact) mass is 416 g/mol. The van der Waals surface area contributed by atoms with Crippen LogP contribution in [0.2, 0.25) is 0 Å². The van der Waals surface area contributed by atoms with E-state index in [-0.39, 0.29) is 24.8 Å². The van der Waals surface area contributed by atoms with Gasteiger partial charge in [0.15, 0.2) is 17.4 Å². The number of carbonyl (C=O) groups is 2. The lowest BCUT2D eigenvalue weighted by Gasteiger charge is -2.07. The first kappa shape index (κ1) is 22.5. The fourth-order valence-corrected chi connectivity index (χ4v) is 1.50. The van der Waals surface area contributed by atoms with Gasteiger partial charge in [0, 0.05) is 13.0 Å². The summed E-state index contributed by atoms with van der Waals surface area (Å²) in [6.45, 7) is -0.0420. The number of benzene rings is 1. The van der Waals surface area contributed by atoms with Crippen LogP contribution in [-0.2, 0) is 11.2 Å². The predicted octanol–water partition coefficient (Wildman–Crippen LogP) is 1.38. The van der Waals surface area contributed by atoms with E-state index >= 15 is 0 Å². The number of phenols is 1. The van der Waals surface area contributed by atoms with Crippen molar-refractivity contribution in [3.8, 4) is 5.75 Å². The van der Waals surface area contributed by atoms with Crippen molar-refractivity contribution in [1.82, 2.24) is 15.5 Å². The zero-order valence-electron chi connectivity index (χ0n) is 13.4. The van der Waals surface area contributed by atoms with Gasteiger partial charge in [0.2, 0.25) is 11.7 Å². The number of hydrogen-bond donors (Lipinski definition) is 4. The number of carboxylic acid groups (broad SMARTS) is 1. The number of alkyl halides is 3. The van der Waals surface area contributed by atoms with Crippen molar-refractivity contribution in [1.29, 1.82) is 0 Å². The molecule has 0 radical (unpaired) electrons. The molecule has 0 saturated carbocycles. The molecule has 0 bridgehead atoms. The highest BCUT2D eigenvalue weighted by molar-refractivity contribution is 5.94. The van der Waals surface area contributed by atoms with Crippen LogP contribution in [0.4, 0.5) is 32.3 Å². The number of aliphatic carboxylic acids is 1. The Bertz CT molecular complexity index is 870. The Hall–Kier alpha value is -3.52. The smallest absolute Gasteiger partial charge is 0.490 e. The maximum atomic E-state index is 13.5. The number of nitrogens with two attached hydrogens (primary N) is 1. The van der Waals surface area contributed by atoms with Crippen LogP contribution >= 0.6 is 0 Å². The zero-order chi connectivity index (χ0) is 21.6. The Balaban J connectivity index is 0.000000480. The minimum atomic E-state index is -5.08. The predicted molar refractivity (Wildman–Crippen MR) is 76.4 cm³/mol. The van der Waals surface area contributed by atoms with Gasteiger partial charge in [-0.25, -0.2) is 13.6 Å². The summed E-state index contributed by atoms with van der Waals surface area (Å²) in [6.07, 6.45) is -4.98. The molecule has 9 nitrogen and oxygen atoms in total. The zero-order valence-corrected chi connectivity index (χ0v) is 13.4. The van der Waals surface area contributed by atoms with E-state index in [1.54, 1.807) is 0 Å². The van der Waals surface area contributed by atoms with Gasteiger partial charge in [-0.3, -0.25) is 4.79 Å². The highest BCUT2D eigenvalue weighted by atomic mass is 19.4. The third-order valence-corrected chi connectivity index (χ3v) is 2.73. The third-order valence-electron chi connectivity index (χ3n) is 2.73. The summed E-state index contributed by atoms with van der Waals surface area (Å²) in [5.74, 6) is -10.1. The van der Waals surface area contributed by atoms with Gasteiger partial charge in [-0.2, -0.15) is 22.5 Å². The summed E-state index contributed by atoms with van der Waals surface area (Å²) in [4.78, 5) is 24.2. The average molecular weight is 416 g/mol. The number of rotatable bonds is 4. The van der Waals surface area contributed by atoms with Crippen LogP contribution in [0.3, 0.4) is 0 Å². The van der Waals surface area contributed by atoms with Crippen molar-refractivity contribution in [3.05, 3.63) is 35.0 Å². The van der Waals surface area contributed by atoms with Crippen LogP contribution in [0.25, 0.3) is 0 Å². The number of carboxylic acids is 1.